The van der Waals surface area contributed by atoms with E-state index >= 15 is 0 Å². The van der Waals surface area contributed by atoms with Gasteiger partial charge in [-0.2, -0.15) is 0 Å². The third-order valence-corrected chi connectivity index (χ3v) is 2.74. The van der Waals surface area contributed by atoms with Crippen molar-refractivity contribution < 1.29 is 9.13 Å². The summed E-state index contributed by atoms with van der Waals surface area (Å²) >= 11 is 0. The van der Waals surface area contributed by atoms with Crippen LogP contribution in [0.2, 0.25) is 0 Å². The van der Waals surface area contributed by atoms with E-state index in [0.717, 1.165) is 5.56 Å². The Hall–Kier alpha value is -2.21. The largest absolute Gasteiger partial charge is 0.438 e. The predicted octanol–water partition coefficient (Wildman–Crippen LogP) is 2.56. The van der Waals surface area contributed by atoms with Gasteiger partial charge in [0.25, 0.3) is 0 Å². The fraction of sp³-hybridized carbons (Fsp3) is 0.231. The average Bonchev–Trinajstić information content (AvgIpc) is 2.41. The van der Waals surface area contributed by atoms with Crippen LogP contribution in [-0.4, -0.2) is 9.97 Å². The van der Waals surface area contributed by atoms with Crippen molar-refractivity contribution in [1.29, 1.82) is 0 Å². The number of aromatic nitrogens is 2. The van der Waals surface area contributed by atoms with Crippen molar-refractivity contribution in [1.82, 2.24) is 9.97 Å². The number of nitrogens with one attached hydrogen (secondary N) is 1. The highest BCUT2D eigenvalue weighted by atomic mass is 19.1. The molecule has 0 amide bonds. The molecule has 0 saturated carbocycles. The van der Waals surface area contributed by atoms with Gasteiger partial charge in [-0.3, -0.25) is 0 Å². The average molecular weight is 262 g/mol. The Morgan fingerprint density at radius 2 is 2.16 bits per heavy atom. The summed E-state index contributed by atoms with van der Waals surface area (Å²) in [7, 11) is 0. The quantitative estimate of drug-likeness (QED) is 0.654. The lowest BCUT2D eigenvalue weighted by atomic mass is 10.2. The Labute approximate surface area is 110 Å². The Morgan fingerprint density at radius 3 is 2.79 bits per heavy atom. The van der Waals surface area contributed by atoms with E-state index in [9.17, 15) is 4.39 Å². The second-order valence-electron chi connectivity index (χ2n) is 4.02. The van der Waals surface area contributed by atoms with E-state index in [0.29, 0.717) is 29.4 Å². The van der Waals surface area contributed by atoms with E-state index in [-0.39, 0.29) is 5.82 Å². The molecule has 0 radical (unpaired) electrons. The minimum absolute atomic E-state index is 0.299. The first-order chi connectivity index (χ1) is 9.15. The molecule has 5 nitrogen and oxygen atoms in total. The minimum atomic E-state index is -0.299. The van der Waals surface area contributed by atoms with E-state index < -0.39 is 0 Å². The van der Waals surface area contributed by atoms with Crippen LogP contribution in [-0.2, 0) is 6.42 Å². The summed E-state index contributed by atoms with van der Waals surface area (Å²) in [6.45, 7) is 3.72. The van der Waals surface area contributed by atoms with Gasteiger partial charge in [0.05, 0.1) is 5.56 Å². The van der Waals surface area contributed by atoms with Crippen LogP contribution in [0.5, 0.6) is 11.6 Å². The molecular formula is C13H15FN4O. The highest BCUT2D eigenvalue weighted by Gasteiger charge is 2.12. The van der Waals surface area contributed by atoms with Gasteiger partial charge in [-0.1, -0.05) is 6.92 Å². The fourth-order valence-electron chi connectivity index (χ4n) is 1.76. The van der Waals surface area contributed by atoms with Crippen LogP contribution in [0.1, 0.15) is 18.1 Å². The number of anilines is 1. The monoisotopic (exact) mass is 262 g/mol. The molecule has 6 heteroatoms. The molecule has 1 aromatic carbocycles. The Balaban J connectivity index is 2.37. The van der Waals surface area contributed by atoms with Crippen molar-refractivity contribution in [2.45, 2.75) is 20.3 Å². The molecule has 1 aromatic heterocycles. The molecule has 2 aromatic rings. The van der Waals surface area contributed by atoms with Gasteiger partial charge in [-0.05, 0) is 37.1 Å². The SMILES string of the molecule is CCc1c(NN)ncnc1Oc1ccc(F)cc1C. The molecule has 0 aliphatic carbocycles. The third-order valence-electron chi connectivity index (χ3n) is 2.74. The number of nitrogens with two attached hydrogens (primary N) is 1. The number of nitrogen functional groups attached to an aromatic ring is 1. The molecule has 0 aliphatic rings. The number of aryl methyl sites for hydroxylation is 1. The lowest BCUT2D eigenvalue weighted by molar-refractivity contribution is 0.450. The van der Waals surface area contributed by atoms with Crippen molar-refractivity contribution in [2.75, 3.05) is 5.43 Å². The first kappa shape index (κ1) is 13.2. The molecular weight excluding hydrogens is 247 g/mol. The molecule has 0 saturated heterocycles. The zero-order valence-electron chi connectivity index (χ0n) is 10.8. The highest BCUT2D eigenvalue weighted by Crippen LogP contribution is 2.29. The summed E-state index contributed by atoms with van der Waals surface area (Å²) < 4.78 is 18.8. The van der Waals surface area contributed by atoms with Crippen molar-refractivity contribution in [2.24, 2.45) is 5.84 Å². The van der Waals surface area contributed by atoms with E-state index in [4.69, 9.17) is 10.6 Å². The number of halogens is 1. The molecule has 0 spiro atoms. The van der Waals surface area contributed by atoms with Crippen molar-refractivity contribution in [3.8, 4) is 11.6 Å². The zero-order chi connectivity index (χ0) is 13.8. The topological polar surface area (TPSA) is 73.1 Å². The van der Waals surface area contributed by atoms with Crippen LogP contribution in [0.25, 0.3) is 0 Å². The van der Waals surface area contributed by atoms with Crippen molar-refractivity contribution in [3.63, 3.8) is 0 Å². The summed E-state index contributed by atoms with van der Waals surface area (Å²) in [6, 6.07) is 4.32. The lowest BCUT2D eigenvalue weighted by Crippen LogP contribution is -2.12. The first-order valence-corrected chi connectivity index (χ1v) is 5.90. The van der Waals surface area contributed by atoms with Gasteiger partial charge in [0.1, 0.15) is 23.7 Å². The van der Waals surface area contributed by atoms with Gasteiger partial charge in [-0.25, -0.2) is 20.2 Å². The Kier molecular flexibility index (Phi) is 3.91. The van der Waals surface area contributed by atoms with Crippen LogP contribution < -0.4 is 16.0 Å². The molecule has 2 rings (SSSR count). The van der Waals surface area contributed by atoms with Crippen LogP contribution in [0.15, 0.2) is 24.5 Å². The van der Waals surface area contributed by atoms with E-state index in [1.807, 2.05) is 6.92 Å². The van der Waals surface area contributed by atoms with Crippen LogP contribution in [0.4, 0.5) is 10.2 Å². The minimum Gasteiger partial charge on any atom is -0.438 e. The third kappa shape index (κ3) is 2.79. The molecule has 0 atom stereocenters. The van der Waals surface area contributed by atoms with Gasteiger partial charge in [-0.15, -0.1) is 0 Å². The number of hydrogen-bond donors (Lipinski definition) is 2. The number of hydrazine groups is 1. The van der Waals surface area contributed by atoms with Gasteiger partial charge >= 0.3 is 0 Å². The smallest absolute Gasteiger partial charge is 0.227 e. The standard InChI is InChI=1S/C13H15FN4O/c1-3-10-12(18-15)16-7-17-13(10)19-11-5-4-9(14)6-8(11)2/h4-7H,3,15H2,1-2H3,(H,16,17,18). The maximum absolute atomic E-state index is 13.0. The summed E-state index contributed by atoms with van der Waals surface area (Å²) in [5, 5.41) is 0. The van der Waals surface area contributed by atoms with E-state index in [2.05, 4.69) is 15.4 Å². The van der Waals surface area contributed by atoms with Gasteiger partial charge in [0.15, 0.2) is 0 Å². The normalized spacial score (nSPS) is 10.3. The number of rotatable bonds is 4. The molecule has 0 aliphatic heterocycles. The van der Waals surface area contributed by atoms with Gasteiger partial charge in [0.2, 0.25) is 5.88 Å². The Bertz CT molecular complexity index is 589. The number of benzene rings is 1. The maximum atomic E-state index is 13.0. The molecule has 19 heavy (non-hydrogen) atoms. The van der Waals surface area contributed by atoms with Crippen molar-refractivity contribution >= 4 is 5.82 Å². The second kappa shape index (κ2) is 5.62. The molecule has 3 N–H and O–H groups in total. The summed E-state index contributed by atoms with van der Waals surface area (Å²) in [6.07, 6.45) is 2.03. The highest BCUT2D eigenvalue weighted by molar-refractivity contribution is 5.49. The summed E-state index contributed by atoms with van der Waals surface area (Å²) in [5.74, 6) is 6.59. The number of ether oxygens (including phenoxy) is 1. The predicted molar refractivity (Wildman–Crippen MR) is 70.4 cm³/mol. The molecule has 100 valence electrons. The van der Waals surface area contributed by atoms with E-state index in [1.165, 1.54) is 18.5 Å². The second-order valence-corrected chi connectivity index (χ2v) is 4.02. The Morgan fingerprint density at radius 1 is 1.37 bits per heavy atom. The molecule has 1 heterocycles. The molecule has 0 fully saturated rings. The molecule has 0 unspecified atom stereocenters. The van der Waals surface area contributed by atoms with Crippen LogP contribution in [0.3, 0.4) is 0 Å². The maximum Gasteiger partial charge on any atom is 0.227 e. The zero-order valence-corrected chi connectivity index (χ0v) is 10.8. The van der Waals surface area contributed by atoms with Gasteiger partial charge in [0, 0.05) is 0 Å². The number of nitrogens with zero attached hydrogens (tertiary/aromatic N) is 2. The lowest BCUT2D eigenvalue weighted by Gasteiger charge is -2.13. The summed E-state index contributed by atoms with van der Waals surface area (Å²) in [4.78, 5) is 8.11. The van der Waals surface area contributed by atoms with Crippen LogP contribution in [0, 0.1) is 12.7 Å². The van der Waals surface area contributed by atoms with Crippen LogP contribution >= 0.6 is 0 Å². The first-order valence-electron chi connectivity index (χ1n) is 5.90. The summed E-state index contributed by atoms with van der Waals surface area (Å²) in [5.41, 5.74) is 3.97. The van der Waals surface area contributed by atoms with Gasteiger partial charge < -0.3 is 10.2 Å². The number of hydrogen-bond acceptors (Lipinski definition) is 5. The van der Waals surface area contributed by atoms with Crippen molar-refractivity contribution in [3.05, 3.63) is 41.5 Å². The molecule has 0 bridgehead atoms. The fourth-order valence-corrected chi connectivity index (χ4v) is 1.76. The van der Waals surface area contributed by atoms with E-state index in [1.54, 1.807) is 13.0 Å².